The van der Waals surface area contributed by atoms with Gasteiger partial charge in [0.2, 0.25) is 17.8 Å². The van der Waals surface area contributed by atoms with Gasteiger partial charge in [-0.25, -0.2) is 13.8 Å². The Hall–Kier alpha value is -2.47. The van der Waals surface area contributed by atoms with Gasteiger partial charge in [-0.15, -0.1) is 11.4 Å². The fourth-order valence-corrected chi connectivity index (χ4v) is 3.18. The summed E-state index contributed by atoms with van der Waals surface area (Å²) in [7, 11) is 0. The lowest BCUT2D eigenvalue weighted by Crippen LogP contribution is -2.53. The molecule has 1 aliphatic heterocycles. The first-order chi connectivity index (χ1) is 12.3. The maximum Gasteiger partial charge on any atom is 0.322 e. The normalized spacial score (nSPS) is 32.5. The largest absolute Gasteiger partial charge is 0.326 e. The minimum atomic E-state index is -2.48. The molecule has 3 rings (SSSR count). The lowest BCUT2D eigenvalue weighted by atomic mass is 9.86. The number of rotatable bonds is 4. The third-order valence-corrected chi connectivity index (χ3v) is 4.72. The molecule has 0 saturated carbocycles. The monoisotopic (exact) mass is 354 g/mol. The van der Waals surface area contributed by atoms with Crippen LogP contribution in [0.2, 0.25) is 0 Å². The van der Waals surface area contributed by atoms with Crippen molar-refractivity contribution in [1.29, 1.82) is 0 Å². The van der Waals surface area contributed by atoms with Crippen LogP contribution in [0.4, 0.5) is 14.7 Å². The first kappa shape index (κ1) is 16.0. The zero-order chi connectivity index (χ0) is 19.1. The summed E-state index contributed by atoms with van der Waals surface area (Å²) < 4.78 is 44.7. The van der Waals surface area contributed by atoms with E-state index < -0.39 is 29.2 Å². The predicted molar refractivity (Wildman–Crippen MR) is 87.2 cm³/mol. The Bertz CT molecular complexity index is 925. The maximum atomic E-state index is 15.7. The van der Waals surface area contributed by atoms with E-state index in [9.17, 15) is 4.79 Å². The summed E-state index contributed by atoms with van der Waals surface area (Å²) in [6, 6.07) is 0. The van der Waals surface area contributed by atoms with Gasteiger partial charge in [-0.3, -0.25) is 10.1 Å². The highest BCUT2D eigenvalue weighted by Gasteiger charge is 2.65. The molecule has 0 aliphatic carbocycles. The molecule has 1 aliphatic rings. The molecule has 0 aromatic carbocycles. The van der Waals surface area contributed by atoms with Gasteiger partial charge in [0.1, 0.15) is 0 Å². The number of nitrogens with zero attached hydrogens (tertiary/aromatic N) is 2. The van der Waals surface area contributed by atoms with Crippen LogP contribution in [0.25, 0.3) is 11.2 Å². The van der Waals surface area contributed by atoms with Crippen molar-refractivity contribution >= 4 is 17.1 Å². The summed E-state index contributed by atoms with van der Waals surface area (Å²) in [6.45, 7) is 3.06. The van der Waals surface area contributed by atoms with Crippen molar-refractivity contribution < 1.29 is 19.5 Å². The molecular formula is C16H20F2N5O2+. The zero-order valence-electron chi connectivity index (χ0n) is 14.9. The fourth-order valence-electron chi connectivity index (χ4n) is 3.18. The van der Waals surface area contributed by atoms with Gasteiger partial charge in [-0.1, -0.05) is 19.8 Å². The van der Waals surface area contributed by atoms with Crippen LogP contribution in [-0.2, 0) is 4.74 Å². The van der Waals surface area contributed by atoms with Crippen LogP contribution >= 0.6 is 0 Å². The molecule has 2 aromatic rings. The Morgan fingerprint density at radius 3 is 3.04 bits per heavy atom. The smallest absolute Gasteiger partial charge is 0.322 e. The minimum absolute atomic E-state index is 0.000471. The van der Waals surface area contributed by atoms with E-state index >= 15 is 8.78 Å². The fraction of sp³-hybridized carbons (Fsp3) is 0.562. The summed E-state index contributed by atoms with van der Waals surface area (Å²) in [4.78, 5) is 21.5. The molecular weight excluding hydrogens is 332 g/mol. The Balaban J connectivity index is 2.26. The van der Waals surface area contributed by atoms with Crippen LogP contribution in [0.15, 0.2) is 11.1 Å². The number of imidazole rings is 1. The third kappa shape index (κ3) is 2.32. The van der Waals surface area contributed by atoms with Crippen LogP contribution in [0.1, 0.15) is 34.8 Å². The molecule has 2 aromatic heterocycles. The number of ether oxygens (including phenoxy) is 1. The molecule has 4 atom stereocenters. The van der Waals surface area contributed by atoms with E-state index in [2.05, 4.69) is 20.3 Å². The highest BCUT2D eigenvalue weighted by Crippen LogP contribution is 2.51. The van der Waals surface area contributed by atoms with E-state index in [-0.39, 0.29) is 37.0 Å². The Morgan fingerprint density at radius 2 is 2.40 bits per heavy atom. The molecule has 9 heteroatoms. The van der Waals surface area contributed by atoms with Crippen LogP contribution in [0.5, 0.6) is 0 Å². The van der Waals surface area contributed by atoms with Crippen molar-refractivity contribution in [2.75, 3.05) is 11.9 Å². The predicted octanol–water partition coefficient (Wildman–Crippen LogP) is 1.55. The maximum absolute atomic E-state index is 15.7. The number of aromatic amines is 2. The molecule has 0 radical (unpaired) electrons. The van der Waals surface area contributed by atoms with Crippen LogP contribution in [0, 0.1) is 18.3 Å². The van der Waals surface area contributed by atoms with Crippen molar-refractivity contribution in [3.05, 3.63) is 16.7 Å². The molecule has 1 saturated heterocycles. The Kier molecular flexibility index (Phi) is 3.72. The van der Waals surface area contributed by atoms with Crippen LogP contribution in [-0.4, -0.2) is 33.0 Å². The van der Waals surface area contributed by atoms with Gasteiger partial charge in [0.15, 0.2) is 11.8 Å². The second-order valence-electron chi connectivity index (χ2n) is 5.94. The molecule has 25 heavy (non-hydrogen) atoms. The quantitative estimate of drug-likeness (QED) is 0.574. The summed E-state index contributed by atoms with van der Waals surface area (Å²) >= 11 is 0. The van der Waals surface area contributed by atoms with Crippen molar-refractivity contribution in [3.63, 3.8) is 0 Å². The number of alkyl halides is 2. The highest BCUT2D eigenvalue weighted by molar-refractivity contribution is 5.65. The number of halogens is 2. The number of hydrogen-bond donors (Lipinski definition) is 3. The average molecular weight is 354 g/mol. The number of H-pyrrole nitrogens is 2. The van der Waals surface area contributed by atoms with Gasteiger partial charge < -0.3 is 9.72 Å². The number of nitrogens with one attached hydrogen (secondary N) is 3. The van der Waals surface area contributed by atoms with E-state index in [0.29, 0.717) is 0 Å². The molecule has 3 N–H and O–H groups in total. The number of fused-ring (bicyclic) bond motifs is 1. The lowest BCUT2D eigenvalue weighted by molar-refractivity contribution is -0.741. The van der Waals surface area contributed by atoms with Crippen molar-refractivity contribution in [2.45, 2.75) is 44.9 Å². The molecule has 0 unspecified atom stereocenters. The van der Waals surface area contributed by atoms with Gasteiger partial charge in [-0.05, 0) is 6.90 Å². The average Bonchev–Trinajstić information content (AvgIpc) is 3.20. The van der Waals surface area contributed by atoms with E-state index in [1.165, 1.54) is 24.7 Å². The molecule has 3 heterocycles. The van der Waals surface area contributed by atoms with Gasteiger partial charge in [0, 0.05) is 14.3 Å². The van der Waals surface area contributed by atoms with Gasteiger partial charge in [0.05, 0.1) is 5.92 Å². The molecule has 1 fully saturated rings. The molecule has 0 spiro atoms. The van der Waals surface area contributed by atoms with E-state index in [1.54, 1.807) is 0 Å². The van der Waals surface area contributed by atoms with E-state index in [0.717, 1.165) is 0 Å². The van der Waals surface area contributed by atoms with Crippen LogP contribution in [0.3, 0.4) is 0 Å². The summed E-state index contributed by atoms with van der Waals surface area (Å²) in [5.41, 5.74) is -2.84. The topological polar surface area (TPSA) is 86.7 Å². The van der Waals surface area contributed by atoms with Crippen molar-refractivity contribution in [3.8, 4) is 12.3 Å². The summed E-state index contributed by atoms with van der Waals surface area (Å²) in [5.74, 6) is -1.44. The number of terminal acetylenes is 1. The molecule has 134 valence electrons. The molecule has 7 nitrogen and oxygen atoms in total. The molecule has 0 bridgehead atoms. The molecule has 0 amide bonds. The first-order valence-electron chi connectivity index (χ1n) is 8.60. The van der Waals surface area contributed by atoms with Gasteiger partial charge in [-0.2, -0.15) is 4.57 Å². The zero-order valence-corrected chi connectivity index (χ0v) is 13.9. The highest BCUT2D eigenvalue weighted by atomic mass is 19.2. The minimum Gasteiger partial charge on any atom is -0.326 e. The Labute approximate surface area is 144 Å². The standard InChI is InChI=1S/C16H19F2N5O2/c1-5-15(17)9(4)16(18,6-2)25-13(15)23-11-10(20-8-21-11)12(24)22-14(23)19-7-3/h1,8-9,13H,6-7H2,2-4H3,(H2,19,20,21,22,24)/p+1/t9-,13+,15+,16+/m0/s1/i3T. The number of aromatic nitrogens is 4. The van der Waals surface area contributed by atoms with E-state index in [1.807, 2.05) is 5.92 Å². The van der Waals surface area contributed by atoms with Crippen LogP contribution < -0.4 is 15.4 Å². The summed E-state index contributed by atoms with van der Waals surface area (Å²) in [5, 5.41) is 2.81. The van der Waals surface area contributed by atoms with Crippen molar-refractivity contribution in [1.82, 2.24) is 15.0 Å². The second kappa shape index (κ2) is 5.81. The first-order valence-corrected chi connectivity index (χ1v) is 7.89. The summed E-state index contributed by atoms with van der Waals surface area (Å²) in [6.07, 6.45) is 5.04. The SMILES string of the molecule is [3H]CCNc1[nH]c(=O)c2[nH]cnc2[n+]1[C@@H]1O[C@](F)(CC)[C@@H](C)[C@]1(F)C#C. The van der Waals surface area contributed by atoms with E-state index in [4.69, 9.17) is 12.5 Å². The van der Waals surface area contributed by atoms with Gasteiger partial charge >= 0.3 is 11.5 Å². The Morgan fingerprint density at radius 1 is 1.64 bits per heavy atom. The van der Waals surface area contributed by atoms with Gasteiger partial charge in [0.25, 0.3) is 5.65 Å². The number of hydrogen-bond acceptors (Lipinski definition) is 4. The second-order valence-corrected chi connectivity index (χ2v) is 5.94. The third-order valence-electron chi connectivity index (χ3n) is 4.72. The lowest BCUT2D eigenvalue weighted by Gasteiger charge is -2.24. The number of anilines is 1. The van der Waals surface area contributed by atoms with Crippen molar-refractivity contribution in [2.24, 2.45) is 5.92 Å².